The Hall–Kier alpha value is -1.38. The average molecular weight is 251 g/mol. The first-order valence-corrected chi connectivity index (χ1v) is 5.01. The van der Waals surface area contributed by atoms with Crippen LogP contribution in [0.5, 0.6) is 0 Å². The van der Waals surface area contributed by atoms with Crippen molar-refractivity contribution in [2.45, 2.75) is 0 Å². The van der Waals surface area contributed by atoms with Gasteiger partial charge in [0.15, 0.2) is 0 Å². The largest absolute Gasteiger partial charge is 0.236 e. The smallest absolute Gasteiger partial charge is 0.140 e. The summed E-state index contributed by atoms with van der Waals surface area (Å²) in [6.07, 6.45) is 1.49. The van der Waals surface area contributed by atoms with Crippen LogP contribution in [0.2, 0.25) is 5.15 Å². The molecule has 0 bridgehead atoms. The Labute approximate surface area is 104 Å². The van der Waals surface area contributed by atoms with Crippen molar-refractivity contribution in [2.24, 2.45) is 0 Å². The molecule has 0 aliphatic carbocycles. The minimum Gasteiger partial charge on any atom is -0.236 e. The van der Waals surface area contributed by atoms with Crippen LogP contribution in [0.1, 0.15) is 0 Å². The normalized spacial score (nSPS) is 10.3. The van der Waals surface area contributed by atoms with Gasteiger partial charge in [-0.2, -0.15) is 0 Å². The molecule has 0 fully saturated rings. The van der Waals surface area contributed by atoms with Crippen molar-refractivity contribution in [3.63, 3.8) is 0 Å². The summed E-state index contributed by atoms with van der Waals surface area (Å²) < 4.78 is 0. The van der Waals surface area contributed by atoms with Crippen LogP contribution in [0.25, 0.3) is 21.7 Å². The van der Waals surface area contributed by atoms with E-state index in [-0.39, 0.29) is 12.4 Å². The fourth-order valence-corrected chi connectivity index (χ4v) is 1.91. The Kier molecular flexibility index (Phi) is 2.95. The van der Waals surface area contributed by atoms with Gasteiger partial charge in [-0.15, -0.1) is 12.4 Å². The number of rotatable bonds is 0. The van der Waals surface area contributed by atoms with Crippen LogP contribution >= 0.6 is 24.0 Å². The Bertz CT molecular complexity index is 653. The van der Waals surface area contributed by atoms with E-state index in [0.717, 1.165) is 16.3 Å². The van der Waals surface area contributed by atoms with Crippen molar-refractivity contribution >= 4 is 45.7 Å². The molecule has 0 amide bonds. The van der Waals surface area contributed by atoms with Crippen LogP contribution < -0.4 is 0 Å². The lowest BCUT2D eigenvalue weighted by Gasteiger charge is -2.01. The third-order valence-electron chi connectivity index (χ3n) is 2.45. The average Bonchev–Trinajstić information content (AvgIpc) is 2.27. The van der Waals surface area contributed by atoms with Crippen LogP contribution in [0.4, 0.5) is 0 Å². The lowest BCUT2D eigenvalue weighted by atomic mass is 10.1. The third-order valence-corrected chi connectivity index (χ3v) is 2.76. The lowest BCUT2D eigenvalue weighted by molar-refractivity contribution is 1.22. The molecular formula is C12H8Cl2N2. The standard InChI is InChI=1S/C12H7ClN2.ClH/c13-12-10-5-8-3-1-2-4-9(8)6-11(10)14-7-15-12;/h1-7H;1H. The highest BCUT2D eigenvalue weighted by atomic mass is 35.5. The molecule has 0 saturated carbocycles. The van der Waals surface area contributed by atoms with Crippen molar-refractivity contribution < 1.29 is 0 Å². The Morgan fingerprint density at radius 2 is 1.62 bits per heavy atom. The molecule has 0 aliphatic rings. The van der Waals surface area contributed by atoms with Crippen molar-refractivity contribution in [1.82, 2.24) is 9.97 Å². The molecule has 0 spiro atoms. The Morgan fingerprint density at radius 3 is 2.38 bits per heavy atom. The van der Waals surface area contributed by atoms with Crippen LogP contribution in [-0.2, 0) is 0 Å². The van der Waals surface area contributed by atoms with E-state index in [4.69, 9.17) is 11.6 Å². The summed E-state index contributed by atoms with van der Waals surface area (Å²) in [6.45, 7) is 0. The summed E-state index contributed by atoms with van der Waals surface area (Å²) in [5.74, 6) is 0. The van der Waals surface area contributed by atoms with Gasteiger partial charge in [-0.05, 0) is 22.9 Å². The molecule has 0 atom stereocenters. The third kappa shape index (κ3) is 1.70. The zero-order valence-corrected chi connectivity index (χ0v) is 9.79. The second-order valence-corrected chi connectivity index (χ2v) is 3.74. The fraction of sp³-hybridized carbons (Fsp3) is 0. The number of nitrogens with zero attached hydrogens (tertiary/aromatic N) is 2. The minimum atomic E-state index is 0. The van der Waals surface area contributed by atoms with Gasteiger partial charge in [-0.1, -0.05) is 35.9 Å². The van der Waals surface area contributed by atoms with Crippen LogP contribution in [0, 0.1) is 0 Å². The highest BCUT2D eigenvalue weighted by Crippen LogP contribution is 2.24. The summed E-state index contributed by atoms with van der Waals surface area (Å²) in [4.78, 5) is 8.17. The van der Waals surface area contributed by atoms with Crippen molar-refractivity contribution in [2.75, 3.05) is 0 Å². The monoisotopic (exact) mass is 250 g/mol. The lowest BCUT2D eigenvalue weighted by Crippen LogP contribution is -1.84. The molecule has 0 unspecified atom stereocenters. The van der Waals surface area contributed by atoms with E-state index in [0.29, 0.717) is 5.15 Å². The maximum absolute atomic E-state index is 6.01. The molecule has 1 aromatic heterocycles. The zero-order valence-electron chi connectivity index (χ0n) is 8.22. The summed E-state index contributed by atoms with van der Waals surface area (Å²) in [7, 11) is 0. The predicted molar refractivity (Wildman–Crippen MR) is 69.3 cm³/mol. The first-order chi connectivity index (χ1) is 7.34. The van der Waals surface area contributed by atoms with E-state index in [1.165, 1.54) is 11.7 Å². The molecule has 0 radical (unpaired) electrons. The number of halogens is 2. The van der Waals surface area contributed by atoms with Gasteiger partial charge in [-0.25, -0.2) is 9.97 Å². The second kappa shape index (κ2) is 4.24. The van der Waals surface area contributed by atoms with Crippen LogP contribution in [0.15, 0.2) is 42.7 Å². The summed E-state index contributed by atoms with van der Waals surface area (Å²) in [5.41, 5.74) is 0.883. The Morgan fingerprint density at radius 1 is 0.938 bits per heavy atom. The fourth-order valence-electron chi connectivity index (χ4n) is 1.71. The van der Waals surface area contributed by atoms with Crippen molar-refractivity contribution in [1.29, 1.82) is 0 Å². The topological polar surface area (TPSA) is 25.8 Å². The quantitative estimate of drug-likeness (QED) is 0.448. The molecule has 16 heavy (non-hydrogen) atoms. The van der Waals surface area contributed by atoms with Gasteiger partial charge in [0.2, 0.25) is 0 Å². The predicted octanol–water partition coefficient (Wildman–Crippen LogP) is 3.86. The van der Waals surface area contributed by atoms with Gasteiger partial charge in [0.25, 0.3) is 0 Å². The van der Waals surface area contributed by atoms with E-state index in [1.807, 2.05) is 24.3 Å². The molecule has 4 heteroatoms. The zero-order chi connectivity index (χ0) is 10.3. The molecule has 2 nitrogen and oxygen atoms in total. The van der Waals surface area contributed by atoms with Crippen molar-refractivity contribution in [3.8, 4) is 0 Å². The molecule has 0 saturated heterocycles. The summed E-state index contributed by atoms with van der Waals surface area (Å²) in [6, 6.07) is 12.2. The molecule has 3 aromatic rings. The Balaban J connectivity index is 0.000000963. The molecule has 0 aliphatic heterocycles. The van der Waals surface area contributed by atoms with Gasteiger partial charge in [0.05, 0.1) is 5.52 Å². The number of fused-ring (bicyclic) bond motifs is 2. The van der Waals surface area contributed by atoms with Crippen LogP contribution in [0.3, 0.4) is 0 Å². The maximum atomic E-state index is 6.01. The number of hydrogen-bond acceptors (Lipinski definition) is 2. The summed E-state index contributed by atoms with van der Waals surface area (Å²) in [5, 5.41) is 3.73. The van der Waals surface area contributed by atoms with E-state index < -0.39 is 0 Å². The molecule has 0 N–H and O–H groups in total. The number of aromatic nitrogens is 2. The first-order valence-electron chi connectivity index (χ1n) is 4.63. The van der Waals surface area contributed by atoms with Gasteiger partial charge in [0.1, 0.15) is 11.5 Å². The van der Waals surface area contributed by atoms with Gasteiger partial charge in [-0.3, -0.25) is 0 Å². The number of benzene rings is 2. The van der Waals surface area contributed by atoms with E-state index in [1.54, 1.807) is 0 Å². The SMILES string of the molecule is Cl.Clc1ncnc2cc3ccccc3cc12. The molecular weight excluding hydrogens is 243 g/mol. The maximum Gasteiger partial charge on any atom is 0.140 e. The highest BCUT2D eigenvalue weighted by Gasteiger charge is 2.02. The minimum absolute atomic E-state index is 0. The van der Waals surface area contributed by atoms with E-state index in [2.05, 4.69) is 22.1 Å². The van der Waals surface area contributed by atoms with Crippen molar-refractivity contribution in [3.05, 3.63) is 47.9 Å². The number of hydrogen-bond donors (Lipinski definition) is 0. The van der Waals surface area contributed by atoms with E-state index in [9.17, 15) is 0 Å². The first kappa shape index (κ1) is 11.1. The van der Waals surface area contributed by atoms with Gasteiger partial charge < -0.3 is 0 Å². The molecule has 1 heterocycles. The van der Waals surface area contributed by atoms with E-state index >= 15 is 0 Å². The molecule has 2 aromatic carbocycles. The van der Waals surface area contributed by atoms with Gasteiger partial charge >= 0.3 is 0 Å². The molecule has 80 valence electrons. The molecule has 3 rings (SSSR count). The highest BCUT2D eigenvalue weighted by molar-refractivity contribution is 6.34. The van der Waals surface area contributed by atoms with Crippen LogP contribution in [-0.4, -0.2) is 9.97 Å². The summed E-state index contributed by atoms with van der Waals surface area (Å²) >= 11 is 6.01. The second-order valence-electron chi connectivity index (χ2n) is 3.38. The van der Waals surface area contributed by atoms with Gasteiger partial charge in [0, 0.05) is 5.39 Å².